The molecule has 0 aromatic heterocycles. The molecule has 1 aliphatic heterocycles. The molecule has 1 heterocycles. The molecule has 1 rings (SSSR count). The van der Waals surface area contributed by atoms with Gasteiger partial charge in [-0.2, -0.15) is 0 Å². The van der Waals surface area contributed by atoms with Gasteiger partial charge in [0.1, 0.15) is 6.04 Å². The second kappa shape index (κ2) is 6.94. The molecule has 0 saturated carbocycles. The fourth-order valence-corrected chi connectivity index (χ4v) is 2.01. The van der Waals surface area contributed by atoms with Gasteiger partial charge in [0.2, 0.25) is 5.91 Å². The number of nitrogens with zero attached hydrogens (tertiary/aromatic N) is 1. The van der Waals surface area contributed by atoms with Crippen molar-refractivity contribution in [1.29, 1.82) is 0 Å². The molecule has 1 atom stereocenters. The van der Waals surface area contributed by atoms with E-state index in [2.05, 4.69) is 15.5 Å². The van der Waals surface area contributed by atoms with E-state index in [4.69, 9.17) is 0 Å². The minimum Gasteiger partial charge on any atom is -0.354 e. The molecule has 0 aliphatic carbocycles. The summed E-state index contributed by atoms with van der Waals surface area (Å²) in [6.07, 6.45) is 1.08. The molecule has 0 aromatic rings. The summed E-state index contributed by atoms with van der Waals surface area (Å²) in [5.41, 5.74) is 0. The van der Waals surface area contributed by atoms with Crippen molar-refractivity contribution >= 4 is 22.9 Å². The average Bonchev–Trinajstić information content (AvgIpc) is 2.69. The zero-order chi connectivity index (χ0) is 12.7. The fourth-order valence-electron chi connectivity index (χ4n) is 1.23. The lowest BCUT2D eigenvalue weighted by atomic mass is 10.3. The molecule has 96 valence electrons. The topological polar surface area (TPSA) is 111 Å². The van der Waals surface area contributed by atoms with Crippen LogP contribution in [0.25, 0.3) is 0 Å². The Hall–Kier alpha value is -1.51. The Bertz CT molecular complexity index is 312. The number of amides is 2. The van der Waals surface area contributed by atoms with E-state index >= 15 is 0 Å². The Morgan fingerprint density at radius 3 is 3.00 bits per heavy atom. The molecule has 0 radical (unpaired) electrons. The van der Waals surface area contributed by atoms with Crippen molar-refractivity contribution in [3.05, 3.63) is 10.1 Å². The summed E-state index contributed by atoms with van der Waals surface area (Å²) in [6.45, 7) is 0.440. The third-order valence-electron chi connectivity index (χ3n) is 2.06. The molecule has 2 amide bonds. The van der Waals surface area contributed by atoms with Crippen molar-refractivity contribution in [2.45, 2.75) is 18.9 Å². The third-order valence-corrected chi connectivity index (χ3v) is 2.94. The standard InChI is InChI=1S/C8H13N3O5S/c12-7(6-5-17-8(13)10-6)9-3-1-2-4-16-11(14)15/h6H,1-5H2,(H,9,12)(H,10,13)/t6-/m0/s1. The fraction of sp³-hybridized carbons (Fsp3) is 0.750. The van der Waals surface area contributed by atoms with Gasteiger partial charge in [0.15, 0.2) is 0 Å². The second-order valence-corrected chi connectivity index (χ2v) is 4.34. The van der Waals surface area contributed by atoms with E-state index in [1.54, 1.807) is 0 Å². The number of unbranched alkanes of at least 4 members (excludes halogenated alkanes) is 1. The van der Waals surface area contributed by atoms with Crippen LogP contribution in [-0.4, -0.2) is 41.2 Å². The molecule has 1 aliphatic rings. The van der Waals surface area contributed by atoms with Crippen molar-refractivity contribution in [3.8, 4) is 0 Å². The number of carbonyl (C=O) groups excluding carboxylic acids is 2. The number of carbonyl (C=O) groups is 2. The Balaban J connectivity index is 2.01. The van der Waals surface area contributed by atoms with E-state index in [0.29, 0.717) is 25.1 Å². The van der Waals surface area contributed by atoms with Crippen molar-refractivity contribution in [3.63, 3.8) is 0 Å². The number of hydrogen-bond donors (Lipinski definition) is 2. The van der Waals surface area contributed by atoms with Gasteiger partial charge in [0, 0.05) is 12.3 Å². The highest BCUT2D eigenvalue weighted by Crippen LogP contribution is 2.12. The minimum atomic E-state index is -0.843. The van der Waals surface area contributed by atoms with Crippen molar-refractivity contribution in [2.24, 2.45) is 0 Å². The minimum absolute atomic E-state index is 0.0267. The highest BCUT2D eigenvalue weighted by molar-refractivity contribution is 8.14. The van der Waals surface area contributed by atoms with E-state index in [9.17, 15) is 19.7 Å². The predicted molar refractivity (Wildman–Crippen MR) is 60.0 cm³/mol. The summed E-state index contributed by atoms with van der Waals surface area (Å²) < 4.78 is 0. The van der Waals surface area contributed by atoms with E-state index in [1.165, 1.54) is 0 Å². The summed E-state index contributed by atoms with van der Waals surface area (Å²) in [5.74, 6) is 0.216. The van der Waals surface area contributed by atoms with Gasteiger partial charge in [-0.3, -0.25) is 9.59 Å². The largest absolute Gasteiger partial charge is 0.354 e. The van der Waals surface area contributed by atoms with Crippen LogP contribution in [0.1, 0.15) is 12.8 Å². The van der Waals surface area contributed by atoms with Crippen LogP contribution < -0.4 is 10.6 Å². The van der Waals surface area contributed by atoms with Crippen LogP contribution >= 0.6 is 11.8 Å². The Morgan fingerprint density at radius 2 is 2.41 bits per heavy atom. The summed E-state index contributed by atoms with van der Waals surface area (Å²) in [4.78, 5) is 36.2. The maximum absolute atomic E-state index is 11.5. The lowest BCUT2D eigenvalue weighted by Crippen LogP contribution is -2.43. The lowest BCUT2D eigenvalue weighted by Gasteiger charge is -2.09. The molecular weight excluding hydrogens is 250 g/mol. The maximum atomic E-state index is 11.5. The first-order valence-electron chi connectivity index (χ1n) is 5.08. The highest BCUT2D eigenvalue weighted by atomic mass is 32.2. The molecule has 2 N–H and O–H groups in total. The van der Waals surface area contributed by atoms with Crippen LogP contribution in [0.3, 0.4) is 0 Å². The van der Waals surface area contributed by atoms with Gasteiger partial charge >= 0.3 is 0 Å². The maximum Gasteiger partial charge on any atom is 0.294 e. The quantitative estimate of drug-likeness (QED) is 0.377. The molecule has 17 heavy (non-hydrogen) atoms. The number of nitrogens with one attached hydrogen (secondary N) is 2. The average molecular weight is 263 g/mol. The van der Waals surface area contributed by atoms with Crippen LogP contribution in [0.15, 0.2) is 0 Å². The molecular formula is C8H13N3O5S. The highest BCUT2D eigenvalue weighted by Gasteiger charge is 2.27. The molecule has 8 nitrogen and oxygen atoms in total. The zero-order valence-electron chi connectivity index (χ0n) is 9.01. The second-order valence-electron chi connectivity index (χ2n) is 3.35. The number of thioether (sulfide) groups is 1. The van der Waals surface area contributed by atoms with E-state index in [-0.39, 0.29) is 17.8 Å². The molecule has 0 aromatic carbocycles. The summed E-state index contributed by atoms with van der Waals surface area (Å²) in [6, 6.07) is -0.470. The summed E-state index contributed by atoms with van der Waals surface area (Å²) in [5, 5.41) is 13.9. The number of rotatable bonds is 7. The first-order valence-corrected chi connectivity index (χ1v) is 6.06. The Morgan fingerprint density at radius 1 is 1.65 bits per heavy atom. The van der Waals surface area contributed by atoms with E-state index < -0.39 is 11.1 Å². The molecule has 1 fully saturated rings. The molecule has 0 unspecified atom stereocenters. The SMILES string of the molecule is O=C1N[C@H](C(=O)NCCCCO[N+](=O)[O-])CS1. The molecule has 0 spiro atoms. The van der Waals surface area contributed by atoms with Gasteiger partial charge in [-0.25, -0.2) is 0 Å². The lowest BCUT2D eigenvalue weighted by molar-refractivity contribution is -0.757. The van der Waals surface area contributed by atoms with Crippen LogP contribution in [0, 0.1) is 10.1 Å². The normalized spacial score (nSPS) is 18.6. The van der Waals surface area contributed by atoms with Gasteiger partial charge in [-0.05, 0) is 12.8 Å². The van der Waals surface area contributed by atoms with Crippen LogP contribution in [0.4, 0.5) is 4.79 Å². The van der Waals surface area contributed by atoms with E-state index in [0.717, 1.165) is 11.8 Å². The van der Waals surface area contributed by atoms with Crippen molar-refractivity contribution in [2.75, 3.05) is 18.9 Å². The number of hydrogen-bond acceptors (Lipinski definition) is 6. The first kappa shape index (κ1) is 13.6. The first-order chi connectivity index (χ1) is 8.09. The van der Waals surface area contributed by atoms with Gasteiger partial charge < -0.3 is 15.5 Å². The Kier molecular flexibility index (Phi) is 5.53. The molecule has 9 heteroatoms. The predicted octanol–water partition coefficient (Wildman–Crippen LogP) is -0.0839. The van der Waals surface area contributed by atoms with Gasteiger partial charge in [0.05, 0.1) is 6.61 Å². The van der Waals surface area contributed by atoms with Crippen molar-refractivity contribution < 1.29 is 19.5 Å². The van der Waals surface area contributed by atoms with Crippen molar-refractivity contribution in [1.82, 2.24) is 10.6 Å². The van der Waals surface area contributed by atoms with E-state index in [1.807, 2.05) is 0 Å². The summed E-state index contributed by atoms with van der Waals surface area (Å²) >= 11 is 1.08. The summed E-state index contributed by atoms with van der Waals surface area (Å²) in [7, 11) is 0. The molecule has 1 saturated heterocycles. The van der Waals surface area contributed by atoms with Crippen LogP contribution in [-0.2, 0) is 9.63 Å². The van der Waals surface area contributed by atoms with Gasteiger partial charge in [0.25, 0.3) is 10.3 Å². The van der Waals surface area contributed by atoms with Gasteiger partial charge in [-0.1, -0.05) is 11.8 Å². The smallest absolute Gasteiger partial charge is 0.294 e. The zero-order valence-corrected chi connectivity index (χ0v) is 9.83. The Labute approximate surface area is 102 Å². The van der Waals surface area contributed by atoms with Crippen LogP contribution in [0.5, 0.6) is 0 Å². The third kappa shape index (κ3) is 5.38. The van der Waals surface area contributed by atoms with Crippen LogP contribution in [0.2, 0.25) is 0 Å². The van der Waals surface area contributed by atoms with Gasteiger partial charge in [-0.15, -0.1) is 10.1 Å². The molecule has 0 bridgehead atoms. The monoisotopic (exact) mass is 263 g/mol.